The third-order valence-corrected chi connectivity index (χ3v) is 13.3. The summed E-state index contributed by atoms with van der Waals surface area (Å²) in [6.07, 6.45) is 74.1. The molecule has 0 aromatic heterocycles. The van der Waals surface area contributed by atoms with Crippen LogP contribution in [-0.2, 0) is 32.7 Å². The lowest BCUT2D eigenvalue weighted by Crippen LogP contribution is -2.29. The average molecular weight is 1010 g/mol. The summed E-state index contributed by atoms with van der Waals surface area (Å²) < 4.78 is 32.8. The van der Waals surface area contributed by atoms with Gasteiger partial charge in [-0.15, -0.1) is 0 Å². The molecule has 0 aliphatic rings. The minimum absolute atomic E-state index is 0.0406. The molecule has 3 N–H and O–H groups in total. The molecule has 0 fully saturated rings. The first-order chi connectivity index (χ1) is 34.8. The summed E-state index contributed by atoms with van der Waals surface area (Å²) in [7, 11) is -4.40. The van der Waals surface area contributed by atoms with Crippen LogP contribution in [-0.4, -0.2) is 49.3 Å². The van der Waals surface area contributed by atoms with Crippen molar-refractivity contribution in [3.8, 4) is 0 Å². The van der Waals surface area contributed by atoms with E-state index in [0.717, 1.165) is 57.8 Å². The van der Waals surface area contributed by atoms with Crippen LogP contribution in [0.25, 0.3) is 0 Å². The van der Waals surface area contributed by atoms with Gasteiger partial charge in [0.1, 0.15) is 6.61 Å². The number of allylic oxidation sites excluding steroid dienone is 14. The minimum Gasteiger partial charge on any atom is -0.462 e. The van der Waals surface area contributed by atoms with Crippen LogP contribution >= 0.6 is 7.82 Å². The fourth-order valence-electron chi connectivity index (χ4n) is 8.01. The third kappa shape index (κ3) is 56.3. The van der Waals surface area contributed by atoms with Crippen molar-refractivity contribution in [1.82, 2.24) is 0 Å². The van der Waals surface area contributed by atoms with E-state index in [0.29, 0.717) is 6.42 Å². The van der Waals surface area contributed by atoms with E-state index < -0.39 is 32.5 Å². The van der Waals surface area contributed by atoms with Gasteiger partial charge < -0.3 is 20.1 Å². The monoisotopic (exact) mass is 1010 g/mol. The first kappa shape index (κ1) is 68.2. The van der Waals surface area contributed by atoms with Gasteiger partial charge in [-0.25, -0.2) is 4.57 Å². The van der Waals surface area contributed by atoms with E-state index in [-0.39, 0.29) is 32.6 Å². The molecule has 0 saturated heterocycles. The van der Waals surface area contributed by atoms with Gasteiger partial charge in [-0.3, -0.25) is 18.6 Å². The topological polar surface area (TPSA) is 134 Å². The first-order valence-electron chi connectivity index (χ1n) is 29.1. The minimum atomic E-state index is -4.40. The van der Waals surface area contributed by atoms with Gasteiger partial charge in [-0.05, 0) is 77.0 Å². The first-order valence-corrected chi connectivity index (χ1v) is 30.6. The number of rotatable bonds is 54. The quantitative estimate of drug-likeness (QED) is 0.0264. The summed E-state index contributed by atoms with van der Waals surface area (Å²) in [6.45, 7) is 3.53. The van der Waals surface area contributed by atoms with Crippen LogP contribution in [0.1, 0.15) is 258 Å². The fourth-order valence-corrected chi connectivity index (χ4v) is 8.78. The highest BCUT2D eigenvalue weighted by Gasteiger charge is 2.26. The average Bonchev–Trinajstić information content (AvgIpc) is 3.36. The zero-order chi connectivity index (χ0) is 51.7. The molecule has 410 valence electrons. The molecule has 10 heteroatoms. The second-order valence-electron chi connectivity index (χ2n) is 19.1. The summed E-state index contributed by atoms with van der Waals surface area (Å²) in [5.41, 5.74) is 5.36. The van der Waals surface area contributed by atoms with E-state index >= 15 is 0 Å². The maximum atomic E-state index is 12.6. The second-order valence-corrected chi connectivity index (χ2v) is 20.6. The number of phosphoric acid groups is 1. The Morgan fingerprint density at radius 3 is 1.21 bits per heavy atom. The van der Waals surface area contributed by atoms with Crippen LogP contribution in [0.3, 0.4) is 0 Å². The number of esters is 2. The van der Waals surface area contributed by atoms with Crippen LogP contribution in [0.2, 0.25) is 0 Å². The summed E-state index contributed by atoms with van der Waals surface area (Å²) in [6, 6.07) is 0. The van der Waals surface area contributed by atoms with Crippen molar-refractivity contribution in [3.05, 3.63) is 85.1 Å². The van der Waals surface area contributed by atoms with Crippen LogP contribution < -0.4 is 5.73 Å². The highest BCUT2D eigenvalue weighted by Crippen LogP contribution is 2.43. The van der Waals surface area contributed by atoms with Crippen molar-refractivity contribution in [2.45, 2.75) is 264 Å². The number of nitrogens with two attached hydrogens (primary N) is 1. The number of phosphoric ester groups is 1. The van der Waals surface area contributed by atoms with Crippen LogP contribution in [0.15, 0.2) is 85.1 Å². The molecular weight excluding hydrogens is 906 g/mol. The standard InChI is InChI=1S/C61H108NO8P/c1-3-5-7-9-11-13-15-17-18-19-20-21-22-23-24-25-26-27-28-29-30-31-32-33-34-35-36-37-38-39-40-42-43-45-47-49-51-53-60(63)67-57-59(58-69-71(65,66)68-56-55-62)70-61(64)54-52-50-48-46-44-41-16-14-12-10-8-6-4-2/h6,8,12,14-15,17,19-20,22-23,41,44,48,50,59H,3-5,7,9-11,13,16,18,21,24-40,42-43,45-47,49,51-58,62H2,1-2H3,(H,65,66)/b8-6-,14-12-,17-15-,20-19-,23-22-,44-41-,50-48-. The lowest BCUT2D eigenvalue weighted by atomic mass is 10.0. The Labute approximate surface area is 436 Å². The summed E-state index contributed by atoms with van der Waals surface area (Å²) >= 11 is 0. The van der Waals surface area contributed by atoms with Crippen LogP contribution in [0.4, 0.5) is 0 Å². The van der Waals surface area contributed by atoms with E-state index in [1.807, 2.05) is 12.2 Å². The number of carbonyl (C=O) groups is 2. The molecule has 0 aliphatic carbocycles. The second kappa shape index (κ2) is 56.5. The lowest BCUT2D eigenvalue weighted by molar-refractivity contribution is -0.161. The molecule has 0 spiro atoms. The van der Waals surface area contributed by atoms with Gasteiger partial charge >= 0.3 is 19.8 Å². The molecule has 9 nitrogen and oxygen atoms in total. The number of carbonyl (C=O) groups excluding carboxylic acids is 2. The Balaban J connectivity index is 3.81. The molecule has 0 aromatic rings. The van der Waals surface area contributed by atoms with E-state index in [4.69, 9.17) is 24.3 Å². The van der Waals surface area contributed by atoms with Gasteiger partial charge in [-0.2, -0.15) is 0 Å². The largest absolute Gasteiger partial charge is 0.472 e. The van der Waals surface area contributed by atoms with Gasteiger partial charge in [0.05, 0.1) is 13.2 Å². The van der Waals surface area contributed by atoms with E-state index in [9.17, 15) is 19.0 Å². The zero-order valence-electron chi connectivity index (χ0n) is 45.7. The normalized spacial score (nSPS) is 13.7. The molecule has 0 rings (SSSR count). The van der Waals surface area contributed by atoms with E-state index in [2.05, 4.69) is 86.8 Å². The highest BCUT2D eigenvalue weighted by atomic mass is 31.2. The van der Waals surface area contributed by atoms with Crippen molar-refractivity contribution >= 4 is 19.8 Å². The number of unbranched alkanes of at least 4 members (excludes halogenated alkanes) is 27. The number of ether oxygens (including phenoxy) is 2. The van der Waals surface area contributed by atoms with Gasteiger partial charge in [-0.1, -0.05) is 253 Å². The highest BCUT2D eigenvalue weighted by molar-refractivity contribution is 7.47. The van der Waals surface area contributed by atoms with Gasteiger partial charge in [0, 0.05) is 19.4 Å². The molecule has 2 unspecified atom stereocenters. The van der Waals surface area contributed by atoms with Crippen molar-refractivity contribution in [2.75, 3.05) is 26.4 Å². The molecule has 2 atom stereocenters. The molecule has 0 heterocycles. The Hall–Kier alpha value is -2.81. The summed E-state index contributed by atoms with van der Waals surface area (Å²) in [4.78, 5) is 35.0. The molecule has 0 aliphatic heterocycles. The van der Waals surface area contributed by atoms with Crippen LogP contribution in [0, 0.1) is 0 Å². The molecular formula is C61H108NO8P. The van der Waals surface area contributed by atoms with Crippen molar-refractivity contribution in [2.24, 2.45) is 5.73 Å². The Kier molecular flexibility index (Phi) is 54.2. The Morgan fingerprint density at radius 2 is 0.803 bits per heavy atom. The zero-order valence-corrected chi connectivity index (χ0v) is 46.6. The fraction of sp³-hybridized carbons (Fsp3) is 0.738. The van der Waals surface area contributed by atoms with Crippen molar-refractivity contribution < 1.29 is 37.6 Å². The number of hydrogen-bond donors (Lipinski definition) is 2. The molecule has 0 amide bonds. The van der Waals surface area contributed by atoms with Crippen LogP contribution in [0.5, 0.6) is 0 Å². The number of hydrogen-bond acceptors (Lipinski definition) is 8. The Bertz CT molecular complexity index is 1440. The SMILES string of the molecule is CC/C=C\C/C=C\C/C=C\C/C=C\CCC(=O)OC(COC(=O)CCCCCCCCCCCCCCCCCCCCCCCC/C=C\C/C=C\C/C=C\CCCCCCC)COP(=O)(O)OCCN. The summed E-state index contributed by atoms with van der Waals surface area (Å²) in [5, 5.41) is 0. The van der Waals surface area contributed by atoms with Gasteiger partial charge in [0.2, 0.25) is 0 Å². The van der Waals surface area contributed by atoms with E-state index in [1.165, 1.54) is 167 Å². The van der Waals surface area contributed by atoms with Crippen molar-refractivity contribution in [3.63, 3.8) is 0 Å². The van der Waals surface area contributed by atoms with E-state index in [1.54, 1.807) is 0 Å². The molecule has 71 heavy (non-hydrogen) atoms. The van der Waals surface area contributed by atoms with Gasteiger partial charge in [0.15, 0.2) is 6.10 Å². The maximum Gasteiger partial charge on any atom is 0.472 e. The predicted octanol–water partition coefficient (Wildman–Crippen LogP) is 18.3. The molecule has 0 bridgehead atoms. The Morgan fingerprint density at radius 1 is 0.437 bits per heavy atom. The third-order valence-electron chi connectivity index (χ3n) is 12.3. The smallest absolute Gasteiger partial charge is 0.462 e. The molecule has 0 saturated carbocycles. The molecule has 0 aromatic carbocycles. The molecule has 0 radical (unpaired) electrons. The maximum absolute atomic E-state index is 12.6. The lowest BCUT2D eigenvalue weighted by Gasteiger charge is -2.19. The van der Waals surface area contributed by atoms with Crippen molar-refractivity contribution in [1.29, 1.82) is 0 Å². The summed E-state index contributed by atoms with van der Waals surface area (Å²) in [5.74, 6) is -0.920. The van der Waals surface area contributed by atoms with Gasteiger partial charge in [0.25, 0.3) is 0 Å². The predicted molar refractivity (Wildman–Crippen MR) is 302 cm³/mol.